The van der Waals surface area contributed by atoms with E-state index in [0.717, 1.165) is 13.7 Å². The van der Waals surface area contributed by atoms with Gasteiger partial charge in [0, 0.05) is 36.9 Å². The predicted octanol–water partition coefficient (Wildman–Crippen LogP) is -2.40. The van der Waals surface area contributed by atoms with E-state index >= 15 is 0 Å². The highest BCUT2D eigenvalue weighted by Gasteiger charge is 2.15. The molecule has 1 rings (SSSR count). The quantitative estimate of drug-likeness (QED) is 0.0858. The first-order valence-corrected chi connectivity index (χ1v) is 15.3. The fourth-order valence-electron chi connectivity index (χ4n) is 3.05. The van der Waals surface area contributed by atoms with E-state index in [2.05, 4.69) is 0 Å². The minimum absolute atomic E-state index is 0.106. The van der Waals surface area contributed by atoms with Gasteiger partial charge in [-0.3, -0.25) is 0 Å². The molecule has 1 heterocycles. The number of aromatic nitrogens is 3. The smallest absolute Gasteiger partial charge is 0.336 e. The molecule has 0 bridgehead atoms. The Morgan fingerprint density at radius 1 is 0.528 bits per heavy atom. The van der Waals surface area contributed by atoms with Crippen LogP contribution in [0.2, 0.25) is 0 Å². The van der Waals surface area contributed by atoms with Gasteiger partial charge in [-0.1, -0.05) is 0 Å². The summed E-state index contributed by atoms with van der Waals surface area (Å²) in [6.07, 6.45) is -1.11. The molecule has 0 aliphatic carbocycles. The average Bonchev–Trinajstić information content (AvgIpc) is 2.87. The minimum Gasteiger partial charge on any atom is -0.394 e. The highest BCUT2D eigenvalue weighted by molar-refractivity contribution is 7.99. The van der Waals surface area contributed by atoms with Crippen molar-refractivity contribution in [3.63, 3.8) is 0 Å². The molecule has 3 unspecified atom stereocenters. The number of hydrogen-bond acceptors (Lipinski definition) is 12. The van der Waals surface area contributed by atoms with Crippen LogP contribution in [0.15, 0.2) is 14.4 Å². The molecule has 0 saturated heterocycles. The van der Waals surface area contributed by atoms with Crippen LogP contribution in [0.5, 0.6) is 0 Å². The molecule has 0 spiro atoms. The Hall–Kier alpha value is -0.780. The third kappa shape index (κ3) is 12.2. The first kappa shape index (κ1) is 33.2. The maximum Gasteiger partial charge on any atom is 0.336 e. The molecule has 1 aromatic rings. The Bertz CT molecular complexity index is 765. The van der Waals surface area contributed by atoms with Gasteiger partial charge in [0.25, 0.3) is 0 Å². The Labute approximate surface area is 222 Å². The number of rotatable bonds is 21. The molecule has 0 saturated carbocycles. The number of thioether (sulfide) groups is 3. The molecule has 0 aliphatic heterocycles. The molecule has 0 fully saturated rings. The van der Waals surface area contributed by atoms with Crippen molar-refractivity contribution in [1.29, 1.82) is 0 Å². The summed E-state index contributed by atoms with van der Waals surface area (Å²) in [5.74, 6) is 2.66. The molecule has 0 radical (unpaired) electrons. The summed E-state index contributed by atoms with van der Waals surface area (Å²) in [6.45, 7) is -0.691. The van der Waals surface area contributed by atoms with Crippen LogP contribution >= 0.6 is 35.3 Å². The second-order valence-corrected chi connectivity index (χ2v) is 11.5. The highest BCUT2D eigenvalue weighted by atomic mass is 32.2. The normalized spacial score (nSPS) is 14.2. The molecule has 6 N–H and O–H groups in total. The van der Waals surface area contributed by atoms with Crippen LogP contribution in [0.4, 0.5) is 0 Å². The van der Waals surface area contributed by atoms with Crippen LogP contribution in [0.3, 0.4) is 0 Å². The standard InChI is InChI=1S/C21H39N3O9S3/c25-10-16(28)13-34-7-1-4-22-19(31)23(5-2-8-35-14-17(29)11-26)21(33)24(20(22)32)6-3-9-36-15-18(30)12-27/h16-18,25-30H,1-15H2. The summed E-state index contributed by atoms with van der Waals surface area (Å²) < 4.78 is 3.15. The first-order chi connectivity index (χ1) is 17.3. The molecule has 15 heteroatoms. The monoisotopic (exact) mass is 573 g/mol. The van der Waals surface area contributed by atoms with Gasteiger partial charge in [-0.2, -0.15) is 35.3 Å². The van der Waals surface area contributed by atoms with Gasteiger partial charge in [0.1, 0.15) is 0 Å². The van der Waals surface area contributed by atoms with Gasteiger partial charge in [0.05, 0.1) is 38.1 Å². The lowest BCUT2D eigenvalue weighted by Crippen LogP contribution is -2.54. The lowest BCUT2D eigenvalue weighted by Gasteiger charge is -2.14. The predicted molar refractivity (Wildman–Crippen MR) is 144 cm³/mol. The van der Waals surface area contributed by atoms with Crippen molar-refractivity contribution in [2.24, 2.45) is 0 Å². The average molecular weight is 574 g/mol. The van der Waals surface area contributed by atoms with Gasteiger partial charge < -0.3 is 30.6 Å². The Morgan fingerprint density at radius 3 is 1.00 bits per heavy atom. The maximum atomic E-state index is 13.0. The van der Waals surface area contributed by atoms with Crippen LogP contribution < -0.4 is 17.1 Å². The topological polar surface area (TPSA) is 187 Å². The van der Waals surface area contributed by atoms with E-state index in [-0.39, 0.29) is 39.5 Å². The number of nitrogens with zero attached hydrogens (tertiary/aromatic N) is 3. The molecule has 12 nitrogen and oxygen atoms in total. The van der Waals surface area contributed by atoms with Crippen molar-refractivity contribution in [1.82, 2.24) is 13.7 Å². The van der Waals surface area contributed by atoms with Crippen LogP contribution in [-0.2, 0) is 19.6 Å². The third-order valence-corrected chi connectivity index (χ3v) is 8.55. The van der Waals surface area contributed by atoms with Crippen LogP contribution in [0.25, 0.3) is 0 Å². The first-order valence-electron chi connectivity index (χ1n) is 11.8. The summed E-state index contributed by atoms with van der Waals surface area (Å²) in [6, 6.07) is 0. The Morgan fingerprint density at radius 2 is 0.778 bits per heavy atom. The summed E-state index contributed by atoms with van der Waals surface area (Å²) in [7, 11) is 0. The molecule has 0 amide bonds. The lowest BCUT2D eigenvalue weighted by molar-refractivity contribution is 0.113. The zero-order valence-corrected chi connectivity index (χ0v) is 22.8. The van der Waals surface area contributed by atoms with Gasteiger partial charge >= 0.3 is 17.1 Å². The summed E-state index contributed by atoms with van der Waals surface area (Å²) in [4.78, 5) is 38.9. The second-order valence-electron chi connectivity index (χ2n) is 8.10. The molecular formula is C21H39N3O9S3. The largest absolute Gasteiger partial charge is 0.394 e. The summed E-state index contributed by atoms with van der Waals surface area (Å²) >= 11 is 4.17. The maximum absolute atomic E-state index is 13.0. The van der Waals surface area contributed by atoms with Gasteiger partial charge in [-0.15, -0.1) is 0 Å². The number of aliphatic hydroxyl groups is 6. The number of aliphatic hydroxyl groups excluding tert-OH is 6. The van der Waals surface area contributed by atoms with Crippen molar-refractivity contribution >= 4 is 35.3 Å². The van der Waals surface area contributed by atoms with Crippen molar-refractivity contribution in [3.05, 3.63) is 31.5 Å². The summed E-state index contributed by atoms with van der Waals surface area (Å²) in [5, 5.41) is 54.9. The van der Waals surface area contributed by atoms with Crippen LogP contribution in [-0.4, -0.2) is 117 Å². The molecule has 0 aromatic carbocycles. The van der Waals surface area contributed by atoms with Crippen molar-refractivity contribution in [3.8, 4) is 0 Å². The van der Waals surface area contributed by atoms with Gasteiger partial charge in [0.2, 0.25) is 0 Å². The zero-order valence-electron chi connectivity index (χ0n) is 20.3. The SMILES string of the molecule is O=c1n(CCCSCC(O)CO)c(=O)n(CCCSCC(O)CO)c(=O)n1CCCSCC(O)CO. The fourth-order valence-corrected chi connectivity index (χ4v) is 5.68. The van der Waals surface area contributed by atoms with Crippen LogP contribution in [0.1, 0.15) is 19.3 Å². The van der Waals surface area contributed by atoms with Gasteiger partial charge in [-0.05, 0) is 36.5 Å². The van der Waals surface area contributed by atoms with E-state index in [1.165, 1.54) is 35.3 Å². The lowest BCUT2D eigenvalue weighted by atomic mass is 10.4. The molecule has 3 atom stereocenters. The van der Waals surface area contributed by atoms with Crippen molar-refractivity contribution < 1.29 is 30.6 Å². The van der Waals surface area contributed by atoms with Crippen molar-refractivity contribution in [2.75, 3.05) is 54.3 Å². The zero-order chi connectivity index (χ0) is 26.9. The van der Waals surface area contributed by atoms with E-state index in [1.807, 2.05) is 0 Å². The Kier molecular flexibility index (Phi) is 17.8. The Balaban J connectivity index is 2.92. The second kappa shape index (κ2) is 19.3. The van der Waals surface area contributed by atoms with E-state index in [1.54, 1.807) is 0 Å². The molecule has 210 valence electrons. The van der Waals surface area contributed by atoms with E-state index in [4.69, 9.17) is 15.3 Å². The minimum atomic E-state index is -0.829. The van der Waals surface area contributed by atoms with Gasteiger partial charge in [-0.25, -0.2) is 28.1 Å². The molecule has 36 heavy (non-hydrogen) atoms. The van der Waals surface area contributed by atoms with Crippen molar-refractivity contribution in [2.45, 2.75) is 57.2 Å². The highest BCUT2D eigenvalue weighted by Crippen LogP contribution is 2.07. The van der Waals surface area contributed by atoms with Gasteiger partial charge in [0.15, 0.2) is 0 Å². The van der Waals surface area contributed by atoms with Crippen LogP contribution in [0, 0.1) is 0 Å². The van der Waals surface area contributed by atoms with E-state index in [0.29, 0.717) is 53.8 Å². The summed E-state index contributed by atoms with van der Waals surface area (Å²) in [5.41, 5.74) is -2.03. The molecule has 0 aliphatic rings. The fraction of sp³-hybridized carbons (Fsp3) is 0.857. The van der Waals surface area contributed by atoms with E-state index in [9.17, 15) is 29.7 Å². The van der Waals surface area contributed by atoms with E-state index < -0.39 is 35.4 Å². The molecule has 1 aromatic heterocycles. The third-order valence-electron chi connectivity index (χ3n) is 4.96. The number of hydrogen-bond donors (Lipinski definition) is 6. The molecular weight excluding hydrogens is 534 g/mol.